The smallest absolute Gasteiger partial charge is 0.239 e. The summed E-state index contributed by atoms with van der Waals surface area (Å²) in [5.74, 6) is 1.40. The number of hydrogen-bond acceptors (Lipinski definition) is 4. The molecular weight excluding hydrogens is 388 g/mol. The minimum atomic E-state index is -0.0978. The van der Waals surface area contributed by atoms with Crippen LogP contribution in [0.2, 0.25) is 5.02 Å². The van der Waals surface area contributed by atoms with Crippen LogP contribution in [-0.2, 0) is 17.9 Å². The molecule has 2 aromatic carbocycles. The third kappa shape index (κ3) is 6.07. The van der Waals surface area contributed by atoms with Crippen molar-refractivity contribution in [3.63, 3.8) is 0 Å². The van der Waals surface area contributed by atoms with Gasteiger partial charge in [-0.25, -0.2) is 4.68 Å². The Balaban J connectivity index is 1.54. The molecule has 0 saturated heterocycles. The second-order valence-corrected chi connectivity index (χ2v) is 7.17. The Morgan fingerprint density at radius 1 is 1.17 bits per heavy atom. The Labute approximate surface area is 176 Å². The zero-order valence-corrected chi connectivity index (χ0v) is 17.4. The van der Waals surface area contributed by atoms with Crippen LogP contribution in [0, 0.1) is 0 Å². The average molecular weight is 413 g/mol. The number of ether oxygens (including phenoxy) is 1. The van der Waals surface area contributed by atoms with Crippen LogP contribution in [0.25, 0.3) is 0 Å². The molecule has 0 aliphatic heterocycles. The molecule has 0 aliphatic rings. The molecular formula is C22H25ClN4O2. The summed E-state index contributed by atoms with van der Waals surface area (Å²) in [6.07, 6.45) is 1.66. The quantitative estimate of drug-likeness (QED) is 0.576. The molecule has 6 nitrogen and oxygen atoms in total. The van der Waals surface area contributed by atoms with Gasteiger partial charge in [-0.1, -0.05) is 41.9 Å². The van der Waals surface area contributed by atoms with Gasteiger partial charge in [0.2, 0.25) is 5.91 Å². The first-order chi connectivity index (χ1) is 14.0. The van der Waals surface area contributed by atoms with Gasteiger partial charge < -0.3 is 10.1 Å². The van der Waals surface area contributed by atoms with E-state index in [0.29, 0.717) is 30.5 Å². The van der Waals surface area contributed by atoms with Crippen LogP contribution in [0.4, 0.5) is 5.82 Å². The van der Waals surface area contributed by atoms with Crippen molar-refractivity contribution in [2.75, 3.05) is 25.5 Å². The van der Waals surface area contributed by atoms with Gasteiger partial charge in [0.15, 0.2) is 0 Å². The summed E-state index contributed by atoms with van der Waals surface area (Å²) in [6, 6.07) is 17.3. The van der Waals surface area contributed by atoms with E-state index >= 15 is 0 Å². The normalized spacial score (nSPS) is 10.9. The molecule has 3 rings (SSSR count). The van der Waals surface area contributed by atoms with Crippen molar-refractivity contribution in [1.29, 1.82) is 0 Å². The molecule has 0 bridgehead atoms. The molecule has 1 amide bonds. The third-order valence-electron chi connectivity index (χ3n) is 4.36. The van der Waals surface area contributed by atoms with E-state index in [1.54, 1.807) is 16.9 Å². The fourth-order valence-electron chi connectivity index (χ4n) is 3.01. The van der Waals surface area contributed by atoms with E-state index < -0.39 is 0 Å². The van der Waals surface area contributed by atoms with E-state index in [9.17, 15) is 4.79 Å². The number of likely N-dealkylation sites (N-methyl/N-ethyl adjacent to an activating group) is 1. The summed E-state index contributed by atoms with van der Waals surface area (Å²) in [5, 5.41) is 7.90. The molecule has 152 valence electrons. The maximum Gasteiger partial charge on any atom is 0.239 e. The zero-order chi connectivity index (χ0) is 20.6. The monoisotopic (exact) mass is 412 g/mol. The number of rotatable bonds is 9. The molecule has 0 unspecified atom stereocenters. The van der Waals surface area contributed by atoms with E-state index in [4.69, 9.17) is 16.3 Å². The van der Waals surface area contributed by atoms with E-state index in [1.165, 1.54) is 0 Å². The van der Waals surface area contributed by atoms with Crippen molar-refractivity contribution >= 4 is 23.3 Å². The average Bonchev–Trinajstić information content (AvgIpc) is 3.12. The van der Waals surface area contributed by atoms with E-state index in [1.807, 2.05) is 67.4 Å². The summed E-state index contributed by atoms with van der Waals surface area (Å²) >= 11 is 6.23. The van der Waals surface area contributed by atoms with E-state index in [0.717, 1.165) is 16.9 Å². The summed E-state index contributed by atoms with van der Waals surface area (Å²) in [5.41, 5.74) is 2.06. The predicted molar refractivity (Wildman–Crippen MR) is 115 cm³/mol. The molecule has 7 heteroatoms. The van der Waals surface area contributed by atoms with Gasteiger partial charge in [-0.2, -0.15) is 5.10 Å². The highest BCUT2D eigenvalue weighted by atomic mass is 35.5. The Morgan fingerprint density at radius 2 is 1.93 bits per heavy atom. The Bertz CT molecular complexity index is 940. The number of anilines is 1. The number of carbonyl (C=O) groups is 1. The van der Waals surface area contributed by atoms with Gasteiger partial charge in [-0.05, 0) is 43.3 Å². The summed E-state index contributed by atoms with van der Waals surface area (Å²) in [6.45, 7) is 4.03. The first-order valence-electron chi connectivity index (χ1n) is 9.50. The topological polar surface area (TPSA) is 59.4 Å². The molecule has 0 atom stereocenters. The van der Waals surface area contributed by atoms with Gasteiger partial charge in [0, 0.05) is 17.6 Å². The lowest BCUT2D eigenvalue weighted by Gasteiger charge is -2.17. The molecule has 1 aromatic heterocycles. The first kappa shape index (κ1) is 20.9. The lowest BCUT2D eigenvalue weighted by atomic mass is 10.2. The van der Waals surface area contributed by atoms with Crippen LogP contribution in [0.3, 0.4) is 0 Å². The number of benzene rings is 2. The van der Waals surface area contributed by atoms with Crippen molar-refractivity contribution in [3.05, 3.63) is 76.9 Å². The predicted octanol–water partition coefficient (Wildman–Crippen LogP) is 4.05. The molecule has 1 N–H and O–H groups in total. The maximum absolute atomic E-state index is 12.5. The molecule has 1 heterocycles. The number of aromatic nitrogens is 2. The summed E-state index contributed by atoms with van der Waals surface area (Å²) < 4.78 is 7.18. The second kappa shape index (κ2) is 10.1. The highest BCUT2D eigenvalue weighted by Crippen LogP contribution is 2.18. The van der Waals surface area contributed by atoms with Crippen LogP contribution in [0.1, 0.15) is 18.1 Å². The molecule has 29 heavy (non-hydrogen) atoms. The third-order valence-corrected chi connectivity index (χ3v) is 4.73. The highest BCUT2D eigenvalue weighted by molar-refractivity contribution is 6.31. The Hall–Kier alpha value is -2.83. The van der Waals surface area contributed by atoms with Crippen LogP contribution >= 0.6 is 11.6 Å². The zero-order valence-electron chi connectivity index (χ0n) is 16.6. The van der Waals surface area contributed by atoms with Crippen LogP contribution in [0.15, 0.2) is 60.8 Å². The Morgan fingerprint density at radius 3 is 2.66 bits per heavy atom. The van der Waals surface area contributed by atoms with Gasteiger partial charge in [0.1, 0.15) is 11.6 Å². The van der Waals surface area contributed by atoms with Crippen LogP contribution in [-0.4, -0.2) is 40.8 Å². The van der Waals surface area contributed by atoms with E-state index in [-0.39, 0.29) is 12.5 Å². The number of nitrogens with one attached hydrogen (secondary N) is 1. The fourth-order valence-corrected chi connectivity index (χ4v) is 3.20. The van der Waals surface area contributed by atoms with Gasteiger partial charge in [-0.15, -0.1) is 0 Å². The highest BCUT2D eigenvalue weighted by Gasteiger charge is 2.11. The largest absolute Gasteiger partial charge is 0.494 e. The van der Waals surface area contributed by atoms with Crippen molar-refractivity contribution in [2.24, 2.45) is 0 Å². The standard InChI is InChI=1S/C22H25ClN4O2/c1-3-29-19-10-8-17(9-11-19)14-26(2)16-22(28)25-21-12-13-24-27(21)15-18-6-4-5-7-20(18)23/h4-13H,3,14-16H2,1-2H3,(H,25,28). The van der Waals surface area contributed by atoms with Crippen molar-refractivity contribution in [1.82, 2.24) is 14.7 Å². The summed E-state index contributed by atoms with van der Waals surface area (Å²) in [4.78, 5) is 14.4. The number of halogens is 1. The summed E-state index contributed by atoms with van der Waals surface area (Å²) in [7, 11) is 1.91. The van der Waals surface area contributed by atoms with Gasteiger partial charge >= 0.3 is 0 Å². The molecule has 3 aromatic rings. The first-order valence-corrected chi connectivity index (χ1v) is 9.88. The number of amides is 1. The van der Waals surface area contributed by atoms with Crippen molar-refractivity contribution < 1.29 is 9.53 Å². The van der Waals surface area contributed by atoms with Crippen molar-refractivity contribution in [3.8, 4) is 5.75 Å². The lowest BCUT2D eigenvalue weighted by Crippen LogP contribution is -2.30. The molecule has 0 spiro atoms. The second-order valence-electron chi connectivity index (χ2n) is 6.76. The van der Waals surface area contributed by atoms with E-state index in [2.05, 4.69) is 10.4 Å². The van der Waals surface area contributed by atoms with Gasteiger partial charge in [0.25, 0.3) is 0 Å². The fraction of sp³-hybridized carbons (Fsp3) is 0.273. The van der Waals surface area contributed by atoms with Gasteiger partial charge in [0.05, 0.1) is 25.9 Å². The molecule has 0 radical (unpaired) electrons. The molecule has 0 saturated carbocycles. The minimum Gasteiger partial charge on any atom is -0.494 e. The van der Waals surface area contributed by atoms with Crippen molar-refractivity contribution in [2.45, 2.75) is 20.0 Å². The van der Waals surface area contributed by atoms with Crippen LogP contribution < -0.4 is 10.1 Å². The minimum absolute atomic E-state index is 0.0978. The lowest BCUT2D eigenvalue weighted by molar-refractivity contribution is -0.117. The van der Waals surface area contributed by atoms with Crippen LogP contribution in [0.5, 0.6) is 5.75 Å². The van der Waals surface area contributed by atoms with Gasteiger partial charge in [-0.3, -0.25) is 9.69 Å². The SMILES string of the molecule is CCOc1ccc(CN(C)CC(=O)Nc2ccnn2Cc2ccccc2Cl)cc1. The Kier molecular flexibility index (Phi) is 7.27. The maximum atomic E-state index is 12.5. The molecule has 0 aliphatic carbocycles. The number of carbonyl (C=O) groups excluding carboxylic acids is 1. The number of hydrogen-bond donors (Lipinski definition) is 1. The number of nitrogens with zero attached hydrogens (tertiary/aromatic N) is 3. The molecule has 0 fully saturated rings.